The van der Waals surface area contributed by atoms with E-state index in [9.17, 15) is 4.79 Å². The maximum atomic E-state index is 12.8. The molecule has 0 N–H and O–H groups in total. The number of hydrogen-bond acceptors (Lipinski definition) is 7. The molecule has 3 aromatic rings. The summed E-state index contributed by atoms with van der Waals surface area (Å²) in [6, 6.07) is 5.52. The van der Waals surface area contributed by atoms with Crippen LogP contribution in [0.4, 0.5) is 5.69 Å². The summed E-state index contributed by atoms with van der Waals surface area (Å²) >= 11 is 0. The fraction of sp³-hybridized carbons (Fsp3) is 0.450. The Bertz CT molecular complexity index is 1050. The molecule has 1 aliphatic heterocycles. The zero-order chi connectivity index (χ0) is 20.5. The number of anilines is 1. The van der Waals surface area contributed by atoms with Crippen LogP contribution in [0.2, 0.25) is 0 Å². The number of aryl methyl sites for hydroxylation is 2. The SMILES string of the molecule is Cc1ccc(-c2nnn(C)c2Cn2ncc(N3C[C@H](C)O[C@@H](C)C3)cc2=O)cn1. The highest BCUT2D eigenvalue weighted by Gasteiger charge is 2.23. The first kappa shape index (κ1) is 19.3. The van der Waals surface area contributed by atoms with Crippen LogP contribution >= 0.6 is 0 Å². The van der Waals surface area contributed by atoms with E-state index in [2.05, 4.69) is 25.3 Å². The predicted octanol–water partition coefficient (Wildman–Crippen LogP) is 1.40. The molecule has 0 amide bonds. The number of pyridine rings is 1. The Morgan fingerprint density at radius 2 is 1.93 bits per heavy atom. The number of nitrogens with zero attached hydrogens (tertiary/aromatic N) is 7. The minimum atomic E-state index is -0.163. The van der Waals surface area contributed by atoms with Crippen LogP contribution in [0.3, 0.4) is 0 Å². The molecule has 3 aromatic heterocycles. The van der Waals surface area contributed by atoms with Crippen LogP contribution < -0.4 is 10.5 Å². The van der Waals surface area contributed by atoms with Crippen LogP contribution in [0.1, 0.15) is 25.2 Å². The molecule has 9 nitrogen and oxygen atoms in total. The third-order valence-corrected chi connectivity index (χ3v) is 5.07. The lowest BCUT2D eigenvalue weighted by Crippen LogP contribution is -2.46. The average Bonchev–Trinajstić information content (AvgIpc) is 3.04. The van der Waals surface area contributed by atoms with Crippen LogP contribution in [-0.4, -0.2) is 55.1 Å². The number of hydrogen-bond donors (Lipinski definition) is 0. The molecule has 0 saturated carbocycles. The van der Waals surface area contributed by atoms with E-state index >= 15 is 0 Å². The van der Waals surface area contributed by atoms with Crippen molar-refractivity contribution in [2.45, 2.75) is 39.5 Å². The molecule has 2 atom stereocenters. The monoisotopic (exact) mass is 395 g/mol. The van der Waals surface area contributed by atoms with Gasteiger partial charge in [-0.25, -0.2) is 9.36 Å². The minimum absolute atomic E-state index is 0.118. The van der Waals surface area contributed by atoms with Crippen molar-refractivity contribution in [1.29, 1.82) is 0 Å². The molecule has 4 heterocycles. The van der Waals surface area contributed by atoms with Gasteiger partial charge in [-0.1, -0.05) is 5.21 Å². The maximum absolute atomic E-state index is 12.8. The zero-order valence-corrected chi connectivity index (χ0v) is 17.1. The van der Waals surface area contributed by atoms with Gasteiger partial charge in [0, 0.05) is 43.7 Å². The van der Waals surface area contributed by atoms with Gasteiger partial charge in [0.05, 0.1) is 36.3 Å². The number of aromatic nitrogens is 6. The van der Waals surface area contributed by atoms with Crippen LogP contribution in [0.5, 0.6) is 0 Å². The summed E-state index contributed by atoms with van der Waals surface area (Å²) in [6.07, 6.45) is 3.74. The molecule has 152 valence electrons. The van der Waals surface area contributed by atoms with Gasteiger partial charge in [-0.3, -0.25) is 9.78 Å². The number of morpholine rings is 1. The van der Waals surface area contributed by atoms with Crippen molar-refractivity contribution in [3.8, 4) is 11.3 Å². The summed E-state index contributed by atoms with van der Waals surface area (Å²) < 4.78 is 8.87. The Hall–Kier alpha value is -3.07. The highest BCUT2D eigenvalue weighted by atomic mass is 16.5. The van der Waals surface area contributed by atoms with E-state index in [4.69, 9.17) is 4.74 Å². The molecule has 1 fully saturated rings. The van der Waals surface area contributed by atoms with Crippen molar-refractivity contribution in [3.63, 3.8) is 0 Å². The summed E-state index contributed by atoms with van der Waals surface area (Å²) in [4.78, 5) is 19.2. The highest BCUT2D eigenvalue weighted by molar-refractivity contribution is 5.60. The Morgan fingerprint density at radius 3 is 2.59 bits per heavy atom. The standard InChI is InChI=1S/C20H25N7O2/c1-13-5-6-16(8-21-13)20-18(25(4)24-23-20)12-27-19(28)7-17(9-22-27)26-10-14(2)29-15(3)11-26/h5-9,14-15H,10-12H2,1-4H3/t14-,15-/m0/s1. The van der Waals surface area contributed by atoms with E-state index in [1.54, 1.807) is 23.1 Å². The molecule has 1 saturated heterocycles. The second-order valence-corrected chi connectivity index (χ2v) is 7.57. The molecular formula is C20H25N7O2. The first-order valence-corrected chi connectivity index (χ1v) is 9.70. The van der Waals surface area contributed by atoms with E-state index in [0.717, 1.165) is 35.7 Å². The quantitative estimate of drug-likeness (QED) is 0.659. The summed E-state index contributed by atoms with van der Waals surface area (Å²) in [7, 11) is 1.81. The minimum Gasteiger partial charge on any atom is -0.372 e. The molecule has 0 unspecified atom stereocenters. The van der Waals surface area contributed by atoms with Gasteiger partial charge in [0.15, 0.2) is 0 Å². The van der Waals surface area contributed by atoms with Gasteiger partial charge >= 0.3 is 0 Å². The third-order valence-electron chi connectivity index (χ3n) is 5.07. The molecular weight excluding hydrogens is 370 g/mol. The maximum Gasteiger partial charge on any atom is 0.269 e. The third kappa shape index (κ3) is 4.04. The number of ether oxygens (including phenoxy) is 1. The Labute approximate surface area is 168 Å². The van der Waals surface area contributed by atoms with Crippen molar-refractivity contribution < 1.29 is 4.74 Å². The topological polar surface area (TPSA) is 91.0 Å². The van der Waals surface area contributed by atoms with E-state index in [1.807, 2.05) is 40.0 Å². The van der Waals surface area contributed by atoms with Gasteiger partial charge in [0.25, 0.3) is 5.56 Å². The van der Waals surface area contributed by atoms with Crippen molar-refractivity contribution in [2.75, 3.05) is 18.0 Å². The first-order valence-electron chi connectivity index (χ1n) is 9.70. The second-order valence-electron chi connectivity index (χ2n) is 7.57. The Balaban J connectivity index is 1.60. The van der Waals surface area contributed by atoms with Gasteiger partial charge in [0.2, 0.25) is 0 Å². The van der Waals surface area contributed by atoms with Crippen molar-refractivity contribution in [1.82, 2.24) is 29.8 Å². The van der Waals surface area contributed by atoms with Gasteiger partial charge in [-0.05, 0) is 32.9 Å². The fourth-order valence-corrected chi connectivity index (χ4v) is 3.63. The highest BCUT2D eigenvalue weighted by Crippen LogP contribution is 2.21. The second kappa shape index (κ2) is 7.75. The zero-order valence-electron chi connectivity index (χ0n) is 17.1. The molecule has 0 bridgehead atoms. The smallest absolute Gasteiger partial charge is 0.269 e. The molecule has 0 aromatic carbocycles. The van der Waals surface area contributed by atoms with E-state index in [-0.39, 0.29) is 24.3 Å². The molecule has 4 rings (SSSR count). The Kier molecular flexibility index (Phi) is 5.14. The molecule has 0 spiro atoms. The van der Waals surface area contributed by atoms with Gasteiger partial charge in [0.1, 0.15) is 5.69 Å². The van der Waals surface area contributed by atoms with E-state index in [0.29, 0.717) is 5.69 Å². The summed E-state index contributed by atoms with van der Waals surface area (Å²) in [6.45, 7) is 7.77. The molecule has 9 heteroatoms. The lowest BCUT2D eigenvalue weighted by molar-refractivity contribution is -0.00525. The van der Waals surface area contributed by atoms with Gasteiger partial charge in [-0.2, -0.15) is 5.10 Å². The van der Waals surface area contributed by atoms with Crippen LogP contribution in [0, 0.1) is 6.92 Å². The molecule has 29 heavy (non-hydrogen) atoms. The van der Waals surface area contributed by atoms with Crippen LogP contribution in [0.15, 0.2) is 35.4 Å². The van der Waals surface area contributed by atoms with E-state index < -0.39 is 0 Å². The average molecular weight is 395 g/mol. The summed E-state index contributed by atoms with van der Waals surface area (Å²) in [5, 5.41) is 12.8. The van der Waals surface area contributed by atoms with Crippen molar-refractivity contribution in [2.24, 2.45) is 7.05 Å². The van der Waals surface area contributed by atoms with Gasteiger partial charge < -0.3 is 9.64 Å². The normalized spacial score (nSPS) is 19.5. The van der Waals surface area contributed by atoms with E-state index in [1.165, 1.54) is 4.68 Å². The largest absolute Gasteiger partial charge is 0.372 e. The lowest BCUT2D eigenvalue weighted by atomic mass is 10.1. The molecule has 0 radical (unpaired) electrons. The summed E-state index contributed by atoms with van der Waals surface area (Å²) in [5.41, 5.74) is 3.95. The number of rotatable bonds is 4. The lowest BCUT2D eigenvalue weighted by Gasteiger charge is -2.36. The molecule has 0 aliphatic carbocycles. The van der Waals surface area contributed by atoms with Crippen LogP contribution in [0.25, 0.3) is 11.3 Å². The predicted molar refractivity (Wildman–Crippen MR) is 109 cm³/mol. The summed E-state index contributed by atoms with van der Waals surface area (Å²) in [5.74, 6) is 0. The first-order chi connectivity index (χ1) is 13.9. The van der Waals surface area contributed by atoms with Crippen molar-refractivity contribution in [3.05, 3.63) is 52.3 Å². The fourth-order valence-electron chi connectivity index (χ4n) is 3.63. The van der Waals surface area contributed by atoms with Gasteiger partial charge in [-0.15, -0.1) is 5.10 Å². The molecule has 1 aliphatic rings. The Morgan fingerprint density at radius 1 is 1.17 bits per heavy atom. The van der Waals surface area contributed by atoms with Crippen LogP contribution in [-0.2, 0) is 18.3 Å². The van der Waals surface area contributed by atoms with Crippen molar-refractivity contribution >= 4 is 5.69 Å².